The molecule has 0 unspecified atom stereocenters. The van der Waals surface area contributed by atoms with Crippen LogP contribution in [0, 0.1) is 0 Å². The van der Waals surface area contributed by atoms with Crippen LogP contribution in [0.5, 0.6) is 0 Å². The van der Waals surface area contributed by atoms with E-state index in [1.54, 1.807) is 24.5 Å². The average molecular weight is 239 g/mol. The Morgan fingerprint density at radius 1 is 1.33 bits per heavy atom. The summed E-state index contributed by atoms with van der Waals surface area (Å²) in [6.07, 6.45) is 4.22. The smallest absolute Gasteiger partial charge is 0.257 e. The number of hydrogen-bond donors (Lipinski definition) is 2. The number of carbonyl (C=O) groups excluding carboxylic acids is 1. The molecule has 0 fully saturated rings. The van der Waals surface area contributed by atoms with Crippen LogP contribution in [-0.4, -0.2) is 17.4 Å². The largest absolute Gasteiger partial charge is 0.384 e. The maximum Gasteiger partial charge on any atom is 0.257 e. The Labute approximate surface area is 105 Å². The summed E-state index contributed by atoms with van der Waals surface area (Å²) in [5.41, 5.74) is 3.80. The Balaban J connectivity index is 1.79. The van der Waals surface area contributed by atoms with Gasteiger partial charge in [-0.25, -0.2) is 0 Å². The van der Waals surface area contributed by atoms with Crippen LogP contribution < -0.4 is 10.6 Å². The van der Waals surface area contributed by atoms with Gasteiger partial charge in [0.2, 0.25) is 0 Å². The van der Waals surface area contributed by atoms with E-state index >= 15 is 0 Å². The lowest BCUT2D eigenvalue weighted by molar-refractivity contribution is 0.102. The van der Waals surface area contributed by atoms with E-state index < -0.39 is 0 Å². The molecule has 90 valence electrons. The maximum atomic E-state index is 11.9. The molecule has 1 aliphatic heterocycles. The lowest BCUT2D eigenvalue weighted by atomic mass is 10.1. The summed E-state index contributed by atoms with van der Waals surface area (Å²) in [5, 5.41) is 6.17. The van der Waals surface area contributed by atoms with E-state index in [9.17, 15) is 4.79 Å². The molecular weight excluding hydrogens is 226 g/mol. The SMILES string of the molecule is O=C(Nc1ccc2c(c1)CCN2)c1cccnc1. The third-order valence-electron chi connectivity index (χ3n) is 3.00. The van der Waals surface area contributed by atoms with Crippen LogP contribution in [-0.2, 0) is 6.42 Å². The normalized spacial score (nSPS) is 12.7. The molecule has 0 atom stereocenters. The molecule has 1 amide bonds. The van der Waals surface area contributed by atoms with Crippen LogP contribution in [0.2, 0.25) is 0 Å². The van der Waals surface area contributed by atoms with E-state index in [2.05, 4.69) is 15.6 Å². The van der Waals surface area contributed by atoms with Crippen LogP contribution in [0.4, 0.5) is 11.4 Å². The van der Waals surface area contributed by atoms with Gasteiger partial charge in [-0.3, -0.25) is 9.78 Å². The predicted octanol–water partition coefficient (Wildman–Crippen LogP) is 2.30. The molecule has 0 spiro atoms. The first kappa shape index (κ1) is 10.8. The Hall–Kier alpha value is -2.36. The summed E-state index contributed by atoms with van der Waals surface area (Å²) in [6, 6.07) is 9.43. The van der Waals surface area contributed by atoms with E-state index in [0.717, 1.165) is 24.3 Å². The standard InChI is InChI=1S/C14H13N3O/c18-14(11-2-1-6-15-9-11)17-12-3-4-13-10(8-12)5-7-16-13/h1-4,6,8-9,16H,5,7H2,(H,17,18). The highest BCUT2D eigenvalue weighted by Crippen LogP contribution is 2.25. The molecule has 1 aromatic carbocycles. The van der Waals surface area contributed by atoms with E-state index in [4.69, 9.17) is 0 Å². The Kier molecular flexibility index (Phi) is 2.68. The molecule has 0 bridgehead atoms. The summed E-state index contributed by atoms with van der Waals surface area (Å²) in [5.74, 6) is -0.131. The predicted molar refractivity (Wildman–Crippen MR) is 70.8 cm³/mol. The average Bonchev–Trinajstić information content (AvgIpc) is 2.87. The number of fused-ring (bicyclic) bond motifs is 1. The number of aromatic nitrogens is 1. The van der Waals surface area contributed by atoms with Gasteiger partial charge in [0.05, 0.1) is 5.56 Å². The zero-order valence-corrected chi connectivity index (χ0v) is 9.81. The number of nitrogens with zero attached hydrogens (tertiary/aromatic N) is 1. The first-order chi connectivity index (χ1) is 8.83. The number of rotatable bonds is 2. The number of benzene rings is 1. The van der Waals surface area contributed by atoms with Crippen molar-refractivity contribution in [2.24, 2.45) is 0 Å². The summed E-state index contributed by atoms with van der Waals surface area (Å²) in [7, 11) is 0. The van der Waals surface area contributed by atoms with Gasteiger partial charge in [0.1, 0.15) is 0 Å². The Morgan fingerprint density at radius 3 is 3.11 bits per heavy atom. The van der Waals surface area contributed by atoms with Crippen molar-refractivity contribution in [2.45, 2.75) is 6.42 Å². The van der Waals surface area contributed by atoms with Gasteiger partial charge in [-0.15, -0.1) is 0 Å². The van der Waals surface area contributed by atoms with Crippen molar-refractivity contribution < 1.29 is 4.79 Å². The second kappa shape index (κ2) is 4.49. The van der Waals surface area contributed by atoms with Gasteiger partial charge in [0.15, 0.2) is 0 Å². The van der Waals surface area contributed by atoms with E-state index in [1.165, 1.54) is 5.56 Å². The van der Waals surface area contributed by atoms with Crippen LogP contribution in [0.3, 0.4) is 0 Å². The number of hydrogen-bond acceptors (Lipinski definition) is 3. The topological polar surface area (TPSA) is 54.0 Å². The number of pyridine rings is 1. The molecule has 0 radical (unpaired) electrons. The molecule has 3 rings (SSSR count). The quantitative estimate of drug-likeness (QED) is 0.845. The molecule has 0 saturated heterocycles. The highest BCUT2D eigenvalue weighted by atomic mass is 16.1. The fraction of sp³-hybridized carbons (Fsp3) is 0.143. The Bertz CT molecular complexity index is 581. The second-order valence-corrected chi connectivity index (χ2v) is 4.24. The number of amides is 1. The van der Waals surface area contributed by atoms with Crippen LogP contribution in [0.15, 0.2) is 42.7 Å². The summed E-state index contributed by atoms with van der Waals surface area (Å²) in [4.78, 5) is 15.9. The minimum Gasteiger partial charge on any atom is -0.384 e. The fourth-order valence-corrected chi connectivity index (χ4v) is 2.08. The molecular formula is C14H13N3O. The van der Waals surface area contributed by atoms with Gasteiger partial charge >= 0.3 is 0 Å². The van der Waals surface area contributed by atoms with Crippen molar-refractivity contribution in [3.8, 4) is 0 Å². The molecule has 0 aliphatic carbocycles. The maximum absolute atomic E-state index is 11.9. The fourth-order valence-electron chi connectivity index (χ4n) is 2.08. The van der Waals surface area contributed by atoms with E-state index in [-0.39, 0.29) is 5.91 Å². The molecule has 1 aromatic heterocycles. The van der Waals surface area contributed by atoms with Gasteiger partial charge in [0, 0.05) is 30.3 Å². The van der Waals surface area contributed by atoms with Gasteiger partial charge in [0.25, 0.3) is 5.91 Å². The van der Waals surface area contributed by atoms with Crippen molar-refractivity contribution in [2.75, 3.05) is 17.2 Å². The first-order valence-corrected chi connectivity index (χ1v) is 5.91. The molecule has 0 saturated carbocycles. The molecule has 2 heterocycles. The number of nitrogens with one attached hydrogen (secondary N) is 2. The van der Waals surface area contributed by atoms with Gasteiger partial charge in [-0.1, -0.05) is 0 Å². The summed E-state index contributed by atoms with van der Waals surface area (Å²) < 4.78 is 0. The lowest BCUT2D eigenvalue weighted by Gasteiger charge is -2.07. The van der Waals surface area contributed by atoms with Crippen molar-refractivity contribution in [3.05, 3.63) is 53.9 Å². The number of anilines is 2. The molecule has 4 heteroatoms. The lowest BCUT2D eigenvalue weighted by Crippen LogP contribution is -2.12. The zero-order valence-electron chi connectivity index (χ0n) is 9.81. The molecule has 2 N–H and O–H groups in total. The van der Waals surface area contributed by atoms with Crippen LogP contribution in [0.1, 0.15) is 15.9 Å². The van der Waals surface area contributed by atoms with Crippen LogP contribution >= 0.6 is 0 Å². The minimum absolute atomic E-state index is 0.131. The molecule has 18 heavy (non-hydrogen) atoms. The third kappa shape index (κ3) is 2.05. The van der Waals surface area contributed by atoms with Crippen molar-refractivity contribution in [1.82, 2.24) is 4.98 Å². The van der Waals surface area contributed by atoms with Gasteiger partial charge in [-0.2, -0.15) is 0 Å². The molecule has 4 nitrogen and oxygen atoms in total. The van der Waals surface area contributed by atoms with Gasteiger partial charge in [-0.05, 0) is 42.3 Å². The first-order valence-electron chi connectivity index (χ1n) is 5.91. The summed E-state index contributed by atoms with van der Waals surface area (Å²) >= 11 is 0. The summed E-state index contributed by atoms with van der Waals surface area (Å²) in [6.45, 7) is 0.968. The van der Waals surface area contributed by atoms with Crippen LogP contribution in [0.25, 0.3) is 0 Å². The highest BCUT2D eigenvalue weighted by Gasteiger charge is 2.11. The number of carbonyl (C=O) groups is 1. The van der Waals surface area contributed by atoms with Gasteiger partial charge < -0.3 is 10.6 Å². The van der Waals surface area contributed by atoms with E-state index in [0.29, 0.717) is 5.56 Å². The van der Waals surface area contributed by atoms with E-state index in [1.807, 2.05) is 18.2 Å². The minimum atomic E-state index is -0.131. The van der Waals surface area contributed by atoms with Crippen molar-refractivity contribution >= 4 is 17.3 Å². The highest BCUT2D eigenvalue weighted by molar-refractivity contribution is 6.04. The van der Waals surface area contributed by atoms with Crippen molar-refractivity contribution in [3.63, 3.8) is 0 Å². The zero-order chi connectivity index (χ0) is 12.4. The molecule has 1 aliphatic rings. The third-order valence-corrected chi connectivity index (χ3v) is 3.00. The molecule has 2 aromatic rings. The Morgan fingerprint density at radius 2 is 2.28 bits per heavy atom. The monoisotopic (exact) mass is 239 g/mol. The second-order valence-electron chi connectivity index (χ2n) is 4.24. The van der Waals surface area contributed by atoms with Crippen molar-refractivity contribution in [1.29, 1.82) is 0 Å².